The zero-order valence-electron chi connectivity index (χ0n) is 8.24. The monoisotopic (exact) mass is 209 g/mol. The molecule has 5 heteroatoms. The molecule has 0 saturated heterocycles. The molecule has 0 aromatic carbocycles. The summed E-state index contributed by atoms with van der Waals surface area (Å²) >= 11 is 0. The molecule has 80 valence electrons. The van der Waals surface area contributed by atoms with Gasteiger partial charge in [0.1, 0.15) is 0 Å². The Labute approximate surface area is 86.2 Å². The van der Waals surface area contributed by atoms with Gasteiger partial charge in [-0.05, 0) is 19.3 Å². The highest BCUT2D eigenvalue weighted by Gasteiger charge is 2.21. The van der Waals surface area contributed by atoms with E-state index in [9.17, 15) is 9.18 Å². The molecule has 0 radical (unpaired) electrons. The molecule has 0 aliphatic heterocycles. The predicted octanol–water partition coefficient (Wildman–Crippen LogP) is 1.25. The average Bonchev–Trinajstić information content (AvgIpc) is 2.58. The highest BCUT2D eigenvalue weighted by molar-refractivity contribution is 5.26. The Morgan fingerprint density at radius 1 is 1.67 bits per heavy atom. The maximum atomic E-state index is 13.1. The van der Waals surface area contributed by atoms with Gasteiger partial charge in [0.05, 0.1) is 0 Å². The molecule has 0 spiro atoms. The first-order valence-electron chi connectivity index (χ1n) is 4.78. The number of nitrogen functional groups attached to an aromatic ring is 1. The van der Waals surface area contributed by atoms with Gasteiger partial charge in [-0.25, -0.2) is 9.18 Å². The van der Waals surface area contributed by atoms with E-state index in [1.54, 1.807) is 0 Å². The number of allylic oxidation sites excluding steroid dienone is 1. The fraction of sp³-hybridized carbons (Fsp3) is 0.400. The Kier molecular flexibility index (Phi) is 2.30. The summed E-state index contributed by atoms with van der Waals surface area (Å²) in [5.41, 5.74) is 5.79. The number of halogens is 1. The number of anilines is 1. The molecule has 2 rings (SSSR count). The highest BCUT2D eigenvalue weighted by atomic mass is 19.1. The van der Waals surface area contributed by atoms with E-state index in [1.807, 2.05) is 0 Å². The van der Waals surface area contributed by atoms with Crippen molar-refractivity contribution in [1.29, 1.82) is 0 Å². The maximum Gasteiger partial charge on any atom is 0.349 e. The van der Waals surface area contributed by atoms with Crippen LogP contribution < -0.4 is 11.4 Å². The molecule has 2 N–H and O–H groups in total. The summed E-state index contributed by atoms with van der Waals surface area (Å²) in [6, 6.07) is -0.0207. The van der Waals surface area contributed by atoms with Gasteiger partial charge in [-0.3, -0.25) is 4.57 Å². The third kappa shape index (κ3) is 1.77. The molecule has 1 aliphatic rings. The van der Waals surface area contributed by atoms with Crippen LogP contribution in [0.15, 0.2) is 23.1 Å². The third-order valence-corrected chi connectivity index (χ3v) is 2.68. The molecule has 0 amide bonds. The van der Waals surface area contributed by atoms with Crippen LogP contribution in [0.25, 0.3) is 0 Å². The van der Waals surface area contributed by atoms with Crippen LogP contribution in [-0.2, 0) is 0 Å². The zero-order valence-corrected chi connectivity index (χ0v) is 8.24. The Morgan fingerprint density at radius 2 is 2.40 bits per heavy atom. The normalized spacial score (nSPS) is 20.9. The molecule has 1 saturated carbocycles. The van der Waals surface area contributed by atoms with Crippen LogP contribution in [0, 0.1) is 5.82 Å². The second-order valence-electron chi connectivity index (χ2n) is 3.81. The van der Waals surface area contributed by atoms with Gasteiger partial charge in [-0.2, -0.15) is 4.98 Å². The average molecular weight is 209 g/mol. The fourth-order valence-corrected chi connectivity index (χ4v) is 1.86. The van der Waals surface area contributed by atoms with Crippen molar-refractivity contribution < 1.29 is 4.39 Å². The predicted molar refractivity (Wildman–Crippen MR) is 54.9 cm³/mol. The summed E-state index contributed by atoms with van der Waals surface area (Å²) in [7, 11) is 0. The first kappa shape index (κ1) is 9.89. The van der Waals surface area contributed by atoms with E-state index in [0.717, 1.165) is 24.6 Å². The van der Waals surface area contributed by atoms with Crippen molar-refractivity contribution in [2.45, 2.75) is 25.3 Å². The van der Waals surface area contributed by atoms with Crippen molar-refractivity contribution in [3.05, 3.63) is 34.7 Å². The second-order valence-corrected chi connectivity index (χ2v) is 3.81. The molecule has 4 nitrogen and oxygen atoms in total. The van der Waals surface area contributed by atoms with Crippen LogP contribution in [0.5, 0.6) is 0 Å². The van der Waals surface area contributed by atoms with Crippen molar-refractivity contribution >= 4 is 5.82 Å². The van der Waals surface area contributed by atoms with Crippen LogP contribution in [0.4, 0.5) is 10.2 Å². The van der Waals surface area contributed by atoms with Gasteiger partial charge < -0.3 is 5.73 Å². The number of nitrogens with zero attached hydrogens (tertiary/aromatic N) is 2. The van der Waals surface area contributed by atoms with Crippen molar-refractivity contribution in [3.63, 3.8) is 0 Å². The van der Waals surface area contributed by atoms with E-state index in [1.165, 1.54) is 4.57 Å². The summed E-state index contributed by atoms with van der Waals surface area (Å²) in [6.45, 7) is 3.85. The maximum absolute atomic E-state index is 13.1. The first-order chi connectivity index (χ1) is 7.08. The minimum Gasteiger partial charge on any atom is -0.381 e. The van der Waals surface area contributed by atoms with Crippen LogP contribution in [0.1, 0.15) is 25.3 Å². The van der Waals surface area contributed by atoms with Gasteiger partial charge in [0.2, 0.25) is 0 Å². The van der Waals surface area contributed by atoms with E-state index >= 15 is 0 Å². The summed E-state index contributed by atoms with van der Waals surface area (Å²) in [6.07, 6.45) is 3.53. The molecule has 0 unspecified atom stereocenters. The lowest BCUT2D eigenvalue weighted by Gasteiger charge is -2.12. The van der Waals surface area contributed by atoms with Crippen LogP contribution in [0.3, 0.4) is 0 Å². The Hall–Kier alpha value is -1.65. The molecular formula is C10H12FN3O. The minimum absolute atomic E-state index is 0.0207. The first-order valence-corrected chi connectivity index (χ1v) is 4.78. The van der Waals surface area contributed by atoms with E-state index in [-0.39, 0.29) is 11.9 Å². The Balaban J connectivity index is 2.40. The molecule has 1 heterocycles. The lowest BCUT2D eigenvalue weighted by atomic mass is 10.2. The summed E-state index contributed by atoms with van der Waals surface area (Å²) in [5, 5.41) is 0. The quantitative estimate of drug-likeness (QED) is 0.708. The molecule has 1 atom stereocenters. The SMILES string of the molecule is C=C1CC[C@H](n2cc(F)c(N)nc2=O)C1. The van der Waals surface area contributed by atoms with Gasteiger partial charge in [0.25, 0.3) is 0 Å². The number of rotatable bonds is 1. The molecule has 1 aromatic rings. The second kappa shape index (κ2) is 3.49. The molecule has 1 aliphatic carbocycles. The van der Waals surface area contributed by atoms with Gasteiger partial charge >= 0.3 is 5.69 Å². The summed E-state index contributed by atoms with van der Waals surface area (Å²) in [4.78, 5) is 14.9. The zero-order chi connectivity index (χ0) is 11.0. The summed E-state index contributed by atoms with van der Waals surface area (Å²) < 4.78 is 14.4. The Bertz CT molecular complexity index is 466. The molecule has 1 fully saturated rings. The number of aromatic nitrogens is 2. The van der Waals surface area contributed by atoms with E-state index in [2.05, 4.69) is 11.6 Å². The number of hydrogen-bond donors (Lipinski definition) is 1. The van der Waals surface area contributed by atoms with Crippen molar-refractivity contribution in [1.82, 2.24) is 9.55 Å². The van der Waals surface area contributed by atoms with Crippen molar-refractivity contribution in [2.75, 3.05) is 5.73 Å². The largest absolute Gasteiger partial charge is 0.381 e. The summed E-state index contributed by atoms with van der Waals surface area (Å²) in [5.74, 6) is -0.986. The van der Waals surface area contributed by atoms with E-state index < -0.39 is 11.5 Å². The topological polar surface area (TPSA) is 60.9 Å². The fourth-order valence-electron chi connectivity index (χ4n) is 1.86. The molecule has 0 bridgehead atoms. The standard InChI is InChI=1S/C10H12FN3O/c1-6-2-3-7(4-6)14-5-8(11)9(12)13-10(14)15/h5,7H,1-4H2,(H2,12,13,15)/t7-/m0/s1. The minimum atomic E-state index is -0.646. The molecule has 1 aromatic heterocycles. The van der Waals surface area contributed by atoms with Crippen molar-refractivity contribution in [2.24, 2.45) is 0 Å². The lowest BCUT2D eigenvalue weighted by molar-refractivity contribution is 0.477. The number of nitrogens with two attached hydrogens (primary N) is 1. The number of hydrogen-bond acceptors (Lipinski definition) is 3. The van der Waals surface area contributed by atoms with Gasteiger partial charge in [0, 0.05) is 12.2 Å². The van der Waals surface area contributed by atoms with Crippen molar-refractivity contribution in [3.8, 4) is 0 Å². The van der Waals surface area contributed by atoms with E-state index in [4.69, 9.17) is 5.73 Å². The van der Waals surface area contributed by atoms with Crippen LogP contribution >= 0.6 is 0 Å². The lowest BCUT2D eigenvalue weighted by Crippen LogP contribution is -2.27. The highest BCUT2D eigenvalue weighted by Crippen LogP contribution is 2.31. The molecular weight excluding hydrogens is 197 g/mol. The third-order valence-electron chi connectivity index (χ3n) is 2.68. The van der Waals surface area contributed by atoms with Crippen LogP contribution in [-0.4, -0.2) is 9.55 Å². The van der Waals surface area contributed by atoms with Gasteiger partial charge in [0.15, 0.2) is 11.6 Å². The van der Waals surface area contributed by atoms with Crippen LogP contribution in [0.2, 0.25) is 0 Å². The molecule has 15 heavy (non-hydrogen) atoms. The van der Waals surface area contributed by atoms with Gasteiger partial charge in [-0.1, -0.05) is 12.2 Å². The van der Waals surface area contributed by atoms with Gasteiger partial charge in [-0.15, -0.1) is 0 Å². The smallest absolute Gasteiger partial charge is 0.349 e. The Morgan fingerprint density at radius 3 is 3.00 bits per heavy atom. The van der Waals surface area contributed by atoms with E-state index in [0.29, 0.717) is 6.42 Å².